The molecule has 0 aliphatic heterocycles. The fourth-order valence-corrected chi connectivity index (χ4v) is 2.69. The molecule has 0 radical (unpaired) electrons. The van der Waals surface area contributed by atoms with Crippen molar-refractivity contribution in [3.8, 4) is 0 Å². The third-order valence-electron chi connectivity index (χ3n) is 2.99. The largest absolute Gasteiger partial charge is 0.206 e. The lowest BCUT2D eigenvalue weighted by Crippen LogP contribution is -1.98. The molecule has 0 aliphatic rings. The van der Waals surface area contributed by atoms with E-state index in [9.17, 15) is 4.39 Å². The SMILES string of the molecule is Cc1cc(C(Cl)c2ccc(Br)c(Cl)c2)cc(C)c1F. The lowest BCUT2D eigenvalue weighted by Gasteiger charge is -2.14. The van der Waals surface area contributed by atoms with Crippen LogP contribution in [0, 0.1) is 19.7 Å². The maximum atomic E-state index is 13.6. The standard InChI is InChI=1S/C15H12BrCl2F/c1-8-5-11(6-9(2)15(8)19)14(18)10-3-4-12(16)13(17)7-10/h3-7,14H,1-2H3. The zero-order chi connectivity index (χ0) is 14.2. The molecule has 1 atom stereocenters. The number of hydrogen-bond donors (Lipinski definition) is 0. The van der Waals surface area contributed by atoms with Crippen molar-refractivity contribution in [3.63, 3.8) is 0 Å². The number of aryl methyl sites for hydroxylation is 2. The highest BCUT2D eigenvalue weighted by Gasteiger charge is 2.15. The number of benzene rings is 2. The molecule has 0 saturated carbocycles. The van der Waals surface area contributed by atoms with Gasteiger partial charge in [-0.15, -0.1) is 11.6 Å². The molecule has 0 heterocycles. The van der Waals surface area contributed by atoms with Crippen LogP contribution < -0.4 is 0 Å². The summed E-state index contributed by atoms with van der Waals surface area (Å²) in [6.45, 7) is 3.48. The minimum Gasteiger partial charge on any atom is -0.206 e. The van der Waals surface area contributed by atoms with Crippen LogP contribution >= 0.6 is 39.1 Å². The van der Waals surface area contributed by atoms with E-state index in [1.54, 1.807) is 26.0 Å². The summed E-state index contributed by atoms with van der Waals surface area (Å²) in [5.41, 5.74) is 2.96. The molecular formula is C15H12BrCl2F. The van der Waals surface area contributed by atoms with E-state index in [0.717, 1.165) is 15.6 Å². The monoisotopic (exact) mass is 360 g/mol. The number of alkyl halides is 1. The summed E-state index contributed by atoms with van der Waals surface area (Å²) in [7, 11) is 0. The van der Waals surface area contributed by atoms with Crippen molar-refractivity contribution < 1.29 is 4.39 Å². The van der Waals surface area contributed by atoms with Crippen molar-refractivity contribution in [2.45, 2.75) is 19.2 Å². The van der Waals surface area contributed by atoms with Gasteiger partial charge in [-0.2, -0.15) is 0 Å². The van der Waals surface area contributed by atoms with Gasteiger partial charge in [-0.3, -0.25) is 0 Å². The van der Waals surface area contributed by atoms with Crippen molar-refractivity contribution in [3.05, 3.63) is 67.9 Å². The van der Waals surface area contributed by atoms with Gasteiger partial charge in [0.15, 0.2) is 0 Å². The Morgan fingerprint density at radius 2 is 1.63 bits per heavy atom. The Hall–Kier alpha value is -0.570. The topological polar surface area (TPSA) is 0 Å². The zero-order valence-corrected chi connectivity index (χ0v) is 13.6. The van der Waals surface area contributed by atoms with E-state index in [2.05, 4.69) is 15.9 Å². The lowest BCUT2D eigenvalue weighted by atomic mass is 10.00. The quantitative estimate of drug-likeness (QED) is 0.559. The molecule has 2 aromatic carbocycles. The van der Waals surface area contributed by atoms with E-state index < -0.39 is 0 Å². The van der Waals surface area contributed by atoms with Gasteiger partial charge in [0.25, 0.3) is 0 Å². The summed E-state index contributed by atoms with van der Waals surface area (Å²) >= 11 is 15.9. The van der Waals surface area contributed by atoms with Crippen LogP contribution in [0.15, 0.2) is 34.8 Å². The van der Waals surface area contributed by atoms with Gasteiger partial charge in [0, 0.05) is 4.47 Å². The molecule has 0 N–H and O–H groups in total. The minimum absolute atomic E-state index is 0.179. The molecule has 0 saturated heterocycles. The third kappa shape index (κ3) is 3.13. The molecule has 0 aliphatic carbocycles. The summed E-state index contributed by atoms with van der Waals surface area (Å²) in [5, 5.41) is 0.266. The van der Waals surface area contributed by atoms with Crippen LogP contribution in [0.3, 0.4) is 0 Å². The minimum atomic E-state index is -0.344. The molecule has 2 aromatic rings. The van der Waals surface area contributed by atoms with Crippen LogP contribution in [-0.4, -0.2) is 0 Å². The van der Waals surface area contributed by atoms with Gasteiger partial charge in [-0.1, -0.05) is 29.8 Å². The van der Waals surface area contributed by atoms with E-state index in [0.29, 0.717) is 16.1 Å². The van der Waals surface area contributed by atoms with Crippen LogP contribution in [0.2, 0.25) is 5.02 Å². The van der Waals surface area contributed by atoms with E-state index in [1.165, 1.54) is 0 Å². The first kappa shape index (κ1) is 14.8. The molecule has 0 spiro atoms. The van der Waals surface area contributed by atoms with Crippen LogP contribution in [0.5, 0.6) is 0 Å². The fourth-order valence-electron chi connectivity index (χ4n) is 1.99. The molecule has 2 rings (SSSR count). The van der Waals surface area contributed by atoms with Crippen LogP contribution in [0.1, 0.15) is 27.6 Å². The first-order chi connectivity index (χ1) is 8.90. The van der Waals surface area contributed by atoms with Gasteiger partial charge < -0.3 is 0 Å². The normalized spacial score (nSPS) is 12.5. The number of rotatable bonds is 2. The molecule has 100 valence electrons. The van der Waals surface area contributed by atoms with Gasteiger partial charge in [0.2, 0.25) is 0 Å². The second-order valence-electron chi connectivity index (χ2n) is 4.50. The second-order valence-corrected chi connectivity index (χ2v) is 6.20. The zero-order valence-electron chi connectivity index (χ0n) is 10.5. The highest BCUT2D eigenvalue weighted by atomic mass is 79.9. The summed E-state index contributed by atoms with van der Waals surface area (Å²) in [4.78, 5) is 0. The molecule has 0 nitrogen and oxygen atoms in total. The number of halogens is 4. The van der Waals surface area contributed by atoms with Gasteiger partial charge in [-0.25, -0.2) is 4.39 Å². The van der Waals surface area contributed by atoms with E-state index in [-0.39, 0.29) is 11.2 Å². The molecule has 4 heteroatoms. The first-order valence-corrected chi connectivity index (χ1v) is 7.36. The first-order valence-electron chi connectivity index (χ1n) is 5.76. The average Bonchev–Trinajstić information content (AvgIpc) is 2.37. The second kappa shape index (κ2) is 5.82. The van der Waals surface area contributed by atoms with Crippen molar-refractivity contribution in [2.24, 2.45) is 0 Å². The van der Waals surface area contributed by atoms with Crippen molar-refractivity contribution in [1.29, 1.82) is 0 Å². The molecule has 0 bridgehead atoms. The lowest BCUT2D eigenvalue weighted by molar-refractivity contribution is 0.608. The van der Waals surface area contributed by atoms with E-state index in [1.807, 2.05) is 18.2 Å². The smallest absolute Gasteiger partial charge is 0.129 e. The van der Waals surface area contributed by atoms with Gasteiger partial charge in [0.05, 0.1) is 10.4 Å². The molecule has 0 amide bonds. The van der Waals surface area contributed by atoms with Crippen LogP contribution in [-0.2, 0) is 0 Å². The Kier molecular flexibility index (Phi) is 4.54. The highest BCUT2D eigenvalue weighted by Crippen LogP contribution is 2.34. The highest BCUT2D eigenvalue weighted by molar-refractivity contribution is 9.10. The molecular weight excluding hydrogens is 350 g/mol. The Morgan fingerprint density at radius 1 is 1.05 bits per heavy atom. The van der Waals surface area contributed by atoms with Crippen LogP contribution in [0.4, 0.5) is 4.39 Å². The maximum absolute atomic E-state index is 13.6. The van der Waals surface area contributed by atoms with E-state index >= 15 is 0 Å². The summed E-state index contributed by atoms with van der Waals surface area (Å²) < 4.78 is 14.5. The van der Waals surface area contributed by atoms with Gasteiger partial charge in [-0.05, 0) is 64.2 Å². The van der Waals surface area contributed by atoms with Gasteiger partial charge >= 0.3 is 0 Å². The van der Waals surface area contributed by atoms with Crippen LogP contribution in [0.25, 0.3) is 0 Å². The fraction of sp³-hybridized carbons (Fsp3) is 0.200. The molecule has 1 unspecified atom stereocenters. The third-order valence-corrected chi connectivity index (χ3v) is 4.72. The molecule has 19 heavy (non-hydrogen) atoms. The molecule has 0 aromatic heterocycles. The average molecular weight is 362 g/mol. The Balaban J connectivity index is 2.43. The van der Waals surface area contributed by atoms with Gasteiger partial charge in [0.1, 0.15) is 5.82 Å². The maximum Gasteiger partial charge on any atom is 0.129 e. The Morgan fingerprint density at radius 3 is 2.16 bits per heavy atom. The molecule has 0 fully saturated rings. The van der Waals surface area contributed by atoms with Crippen molar-refractivity contribution in [1.82, 2.24) is 0 Å². The van der Waals surface area contributed by atoms with Crippen molar-refractivity contribution >= 4 is 39.1 Å². The Bertz CT molecular complexity index is 603. The summed E-state index contributed by atoms with van der Waals surface area (Å²) in [6.07, 6.45) is 0. The summed E-state index contributed by atoms with van der Waals surface area (Å²) in [5.74, 6) is -0.179. The summed E-state index contributed by atoms with van der Waals surface area (Å²) in [6, 6.07) is 9.13. The number of hydrogen-bond acceptors (Lipinski definition) is 0. The predicted octanol–water partition coefficient (Wildman–Crippen LogP) is 6.19. The van der Waals surface area contributed by atoms with E-state index in [4.69, 9.17) is 23.2 Å². The van der Waals surface area contributed by atoms with Crippen molar-refractivity contribution in [2.75, 3.05) is 0 Å². The Labute approximate surface area is 130 Å². The predicted molar refractivity (Wildman–Crippen MR) is 82.7 cm³/mol.